The van der Waals surface area contributed by atoms with Gasteiger partial charge < -0.3 is 5.32 Å². The average molecular weight is 246 g/mol. The highest BCUT2D eigenvalue weighted by molar-refractivity contribution is 7.16. The smallest absolute Gasteiger partial charge is 0.0931 e. The number of hydrogen-bond acceptors (Lipinski definition) is 2. The predicted octanol–water partition coefficient (Wildman–Crippen LogP) is 4.32. The molecule has 1 aromatic heterocycles. The van der Waals surface area contributed by atoms with Crippen LogP contribution in [-0.4, -0.2) is 6.54 Å². The van der Waals surface area contributed by atoms with Crippen LogP contribution in [0.15, 0.2) is 12.1 Å². The van der Waals surface area contributed by atoms with E-state index in [2.05, 4.69) is 32.2 Å². The van der Waals surface area contributed by atoms with Crippen molar-refractivity contribution in [1.29, 1.82) is 0 Å². The van der Waals surface area contributed by atoms with Gasteiger partial charge in [-0.25, -0.2) is 0 Å². The maximum atomic E-state index is 5.85. The summed E-state index contributed by atoms with van der Waals surface area (Å²) in [7, 11) is 0. The van der Waals surface area contributed by atoms with E-state index in [9.17, 15) is 0 Å². The fourth-order valence-electron chi connectivity index (χ4n) is 1.40. The van der Waals surface area contributed by atoms with E-state index < -0.39 is 0 Å². The molecular formula is C12H20ClNS. The normalized spacial score (nSPS) is 12.0. The zero-order valence-electron chi connectivity index (χ0n) is 9.77. The maximum absolute atomic E-state index is 5.85. The average Bonchev–Trinajstić information content (AvgIpc) is 2.49. The predicted molar refractivity (Wildman–Crippen MR) is 69.7 cm³/mol. The molecule has 15 heavy (non-hydrogen) atoms. The third kappa shape index (κ3) is 6.18. The summed E-state index contributed by atoms with van der Waals surface area (Å²) in [6, 6.07) is 4.04. The summed E-state index contributed by atoms with van der Waals surface area (Å²) >= 11 is 7.51. The molecule has 0 radical (unpaired) electrons. The first kappa shape index (κ1) is 13.0. The summed E-state index contributed by atoms with van der Waals surface area (Å²) in [6.07, 6.45) is 2.51. The van der Waals surface area contributed by atoms with Gasteiger partial charge >= 0.3 is 0 Å². The van der Waals surface area contributed by atoms with Crippen LogP contribution in [0.4, 0.5) is 0 Å². The highest BCUT2D eigenvalue weighted by Crippen LogP contribution is 2.21. The molecule has 0 unspecified atom stereocenters. The minimum atomic E-state index is 0.452. The molecule has 0 aliphatic heterocycles. The molecule has 1 N–H and O–H groups in total. The molecule has 1 heterocycles. The van der Waals surface area contributed by atoms with Gasteiger partial charge in [0.05, 0.1) is 4.34 Å². The largest absolute Gasteiger partial charge is 0.312 e. The lowest BCUT2D eigenvalue weighted by Gasteiger charge is -2.17. The van der Waals surface area contributed by atoms with Gasteiger partial charge in [-0.2, -0.15) is 0 Å². The summed E-state index contributed by atoms with van der Waals surface area (Å²) in [5.41, 5.74) is 0.452. The van der Waals surface area contributed by atoms with E-state index in [1.54, 1.807) is 11.3 Å². The molecule has 1 nitrogen and oxygen atoms in total. The molecule has 1 aromatic rings. The Hall–Kier alpha value is -0.0500. The van der Waals surface area contributed by atoms with Crippen molar-refractivity contribution in [2.24, 2.45) is 5.41 Å². The molecule has 0 atom stereocenters. The number of hydrogen-bond donors (Lipinski definition) is 1. The second-order valence-corrected chi connectivity index (χ2v) is 6.85. The topological polar surface area (TPSA) is 12.0 Å². The number of nitrogens with one attached hydrogen (secondary N) is 1. The van der Waals surface area contributed by atoms with Crippen molar-refractivity contribution in [2.45, 2.75) is 40.2 Å². The van der Waals surface area contributed by atoms with E-state index in [-0.39, 0.29) is 0 Å². The third-order valence-corrected chi connectivity index (χ3v) is 3.44. The lowest BCUT2D eigenvalue weighted by molar-refractivity contribution is 0.361. The van der Waals surface area contributed by atoms with E-state index in [1.807, 2.05) is 6.07 Å². The first-order chi connectivity index (χ1) is 6.97. The number of thiophene rings is 1. The van der Waals surface area contributed by atoms with Crippen molar-refractivity contribution in [1.82, 2.24) is 5.32 Å². The molecular weight excluding hydrogens is 226 g/mol. The Morgan fingerprint density at radius 2 is 2.07 bits per heavy atom. The van der Waals surface area contributed by atoms with Gasteiger partial charge in [-0.1, -0.05) is 32.4 Å². The van der Waals surface area contributed by atoms with Gasteiger partial charge in [-0.05, 0) is 36.9 Å². The second kappa shape index (κ2) is 5.88. The first-order valence-corrected chi connectivity index (χ1v) is 6.62. The quantitative estimate of drug-likeness (QED) is 0.762. The zero-order valence-corrected chi connectivity index (χ0v) is 11.3. The molecule has 0 aliphatic carbocycles. The van der Waals surface area contributed by atoms with Crippen LogP contribution in [-0.2, 0) is 6.54 Å². The summed E-state index contributed by atoms with van der Waals surface area (Å²) in [6.45, 7) is 8.89. The van der Waals surface area contributed by atoms with Crippen molar-refractivity contribution in [3.63, 3.8) is 0 Å². The molecule has 0 saturated heterocycles. The molecule has 0 aliphatic rings. The van der Waals surface area contributed by atoms with Crippen LogP contribution in [0, 0.1) is 5.41 Å². The number of rotatable bonds is 5. The summed E-state index contributed by atoms with van der Waals surface area (Å²) in [5.74, 6) is 0. The molecule has 0 amide bonds. The van der Waals surface area contributed by atoms with Crippen molar-refractivity contribution in [2.75, 3.05) is 6.54 Å². The van der Waals surface area contributed by atoms with E-state index >= 15 is 0 Å². The van der Waals surface area contributed by atoms with Crippen LogP contribution in [0.2, 0.25) is 4.34 Å². The van der Waals surface area contributed by atoms with E-state index in [0.29, 0.717) is 5.41 Å². The van der Waals surface area contributed by atoms with E-state index in [1.165, 1.54) is 17.7 Å². The van der Waals surface area contributed by atoms with Crippen LogP contribution in [0.1, 0.15) is 38.5 Å². The van der Waals surface area contributed by atoms with Gasteiger partial charge in [-0.3, -0.25) is 0 Å². The Morgan fingerprint density at radius 3 is 2.60 bits per heavy atom. The van der Waals surface area contributed by atoms with Gasteiger partial charge in [0.25, 0.3) is 0 Å². The summed E-state index contributed by atoms with van der Waals surface area (Å²) < 4.78 is 0.876. The van der Waals surface area contributed by atoms with Crippen LogP contribution in [0.25, 0.3) is 0 Å². The van der Waals surface area contributed by atoms with Crippen molar-refractivity contribution >= 4 is 22.9 Å². The minimum absolute atomic E-state index is 0.452. The van der Waals surface area contributed by atoms with Crippen molar-refractivity contribution in [3.05, 3.63) is 21.3 Å². The fraction of sp³-hybridized carbons (Fsp3) is 0.667. The molecule has 0 aromatic carbocycles. The number of halogens is 1. The van der Waals surface area contributed by atoms with Gasteiger partial charge in [0, 0.05) is 11.4 Å². The summed E-state index contributed by atoms with van der Waals surface area (Å²) in [5, 5.41) is 3.44. The van der Waals surface area contributed by atoms with Crippen LogP contribution in [0.3, 0.4) is 0 Å². The fourth-order valence-corrected chi connectivity index (χ4v) is 2.46. The standard InChI is InChI=1S/C12H20ClNS/c1-12(2,3)7-4-8-14-9-10-5-6-11(13)15-10/h5-6,14H,4,7-9H2,1-3H3. The molecule has 0 spiro atoms. The Balaban J connectivity index is 2.07. The molecule has 1 rings (SSSR count). The molecule has 0 fully saturated rings. The van der Waals surface area contributed by atoms with Crippen LogP contribution < -0.4 is 5.32 Å². The van der Waals surface area contributed by atoms with Gasteiger partial charge in [-0.15, -0.1) is 11.3 Å². The highest BCUT2D eigenvalue weighted by Gasteiger charge is 2.08. The monoisotopic (exact) mass is 245 g/mol. The minimum Gasteiger partial charge on any atom is -0.312 e. The maximum Gasteiger partial charge on any atom is 0.0931 e. The Kier molecular flexibility index (Phi) is 5.10. The summed E-state index contributed by atoms with van der Waals surface area (Å²) in [4.78, 5) is 1.32. The molecule has 3 heteroatoms. The highest BCUT2D eigenvalue weighted by atomic mass is 35.5. The lowest BCUT2D eigenvalue weighted by Crippen LogP contribution is -2.16. The zero-order chi connectivity index (χ0) is 11.3. The first-order valence-electron chi connectivity index (χ1n) is 5.42. The SMILES string of the molecule is CC(C)(C)CCCNCc1ccc(Cl)s1. The Labute approximate surface area is 102 Å². The van der Waals surface area contributed by atoms with Crippen LogP contribution in [0.5, 0.6) is 0 Å². The third-order valence-electron chi connectivity index (χ3n) is 2.21. The molecule has 86 valence electrons. The van der Waals surface area contributed by atoms with Gasteiger partial charge in [0.2, 0.25) is 0 Å². The van der Waals surface area contributed by atoms with Crippen molar-refractivity contribution < 1.29 is 0 Å². The molecule has 0 saturated carbocycles. The Morgan fingerprint density at radius 1 is 1.33 bits per heavy atom. The van der Waals surface area contributed by atoms with E-state index in [0.717, 1.165) is 17.4 Å². The second-order valence-electron chi connectivity index (χ2n) is 5.05. The Bertz CT molecular complexity index is 288. The molecule has 0 bridgehead atoms. The van der Waals surface area contributed by atoms with E-state index in [4.69, 9.17) is 11.6 Å². The van der Waals surface area contributed by atoms with Crippen LogP contribution >= 0.6 is 22.9 Å². The lowest BCUT2D eigenvalue weighted by atomic mass is 9.91. The van der Waals surface area contributed by atoms with Gasteiger partial charge in [0.15, 0.2) is 0 Å². The van der Waals surface area contributed by atoms with Gasteiger partial charge in [0.1, 0.15) is 0 Å². The van der Waals surface area contributed by atoms with Crippen molar-refractivity contribution in [3.8, 4) is 0 Å².